The Hall–Kier alpha value is -1.97. The molecule has 0 bridgehead atoms. The van der Waals surface area contributed by atoms with Crippen molar-refractivity contribution in [1.29, 1.82) is 0 Å². The van der Waals surface area contributed by atoms with E-state index in [0.29, 0.717) is 22.6 Å². The van der Waals surface area contributed by atoms with Gasteiger partial charge in [-0.15, -0.1) is 16.4 Å². The van der Waals surface area contributed by atoms with Crippen LogP contribution >= 0.6 is 39.0 Å². The van der Waals surface area contributed by atoms with E-state index >= 15 is 0 Å². The summed E-state index contributed by atoms with van der Waals surface area (Å²) in [4.78, 5) is 9.87. The van der Waals surface area contributed by atoms with E-state index in [9.17, 15) is 0 Å². The van der Waals surface area contributed by atoms with Crippen LogP contribution in [0.5, 0.6) is 0 Å². The van der Waals surface area contributed by atoms with Crippen molar-refractivity contribution in [2.75, 3.05) is 0 Å². The third-order valence-electron chi connectivity index (χ3n) is 3.13. The highest BCUT2D eigenvalue weighted by molar-refractivity contribution is 9.10. The summed E-state index contributed by atoms with van der Waals surface area (Å²) in [5.41, 5.74) is 0.967. The zero-order valence-electron chi connectivity index (χ0n) is 12.1. The maximum atomic E-state index is 5.27. The summed E-state index contributed by atoms with van der Waals surface area (Å²) in [6.07, 6.45) is 0. The van der Waals surface area contributed by atoms with Crippen molar-refractivity contribution in [3.05, 3.63) is 52.1 Å². The molecule has 9 heteroatoms. The first-order valence-electron chi connectivity index (χ1n) is 6.96. The van der Waals surface area contributed by atoms with Crippen molar-refractivity contribution < 1.29 is 4.52 Å². The van der Waals surface area contributed by atoms with Gasteiger partial charge in [0, 0.05) is 10.0 Å². The van der Waals surface area contributed by atoms with Gasteiger partial charge in [-0.3, -0.25) is 5.10 Å². The zero-order chi connectivity index (χ0) is 16.4. The Balaban J connectivity index is 1.45. The van der Waals surface area contributed by atoms with Crippen LogP contribution in [0.3, 0.4) is 0 Å². The average molecular weight is 420 g/mol. The number of halogens is 1. The van der Waals surface area contributed by atoms with Crippen molar-refractivity contribution in [1.82, 2.24) is 25.3 Å². The standard InChI is InChI=1S/C15H10BrN5OS2/c16-10-5-2-1-4-9(10)13-18-15(20-19-13)24-8-12-17-14(21-22-12)11-6-3-7-23-11/h1-7H,8H2,(H,18,19,20). The number of hydrogen-bond acceptors (Lipinski definition) is 7. The van der Waals surface area contributed by atoms with Crippen molar-refractivity contribution in [2.45, 2.75) is 10.9 Å². The molecule has 0 saturated carbocycles. The van der Waals surface area contributed by atoms with Gasteiger partial charge in [0.05, 0.1) is 10.6 Å². The Kier molecular flexibility index (Phi) is 4.46. The van der Waals surface area contributed by atoms with Crippen LogP contribution < -0.4 is 0 Å². The number of aromatic amines is 1. The first-order valence-corrected chi connectivity index (χ1v) is 9.62. The summed E-state index contributed by atoms with van der Waals surface area (Å²) in [6, 6.07) is 11.8. The number of hydrogen-bond donors (Lipinski definition) is 1. The molecule has 0 unspecified atom stereocenters. The number of nitrogens with zero attached hydrogens (tertiary/aromatic N) is 4. The van der Waals surface area contributed by atoms with E-state index in [2.05, 4.69) is 41.3 Å². The van der Waals surface area contributed by atoms with E-state index in [1.165, 1.54) is 11.8 Å². The van der Waals surface area contributed by atoms with Gasteiger partial charge in [-0.1, -0.05) is 57.1 Å². The van der Waals surface area contributed by atoms with E-state index in [0.717, 1.165) is 20.7 Å². The van der Waals surface area contributed by atoms with Gasteiger partial charge in [0.1, 0.15) is 0 Å². The molecule has 24 heavy (non-hydrogen) atoms. The number of thiophene rings is 1. The Morgan fingerprint density at radius 1 is 1.17 bits per heavy atom. The van der Waals surface area contributed by atoms with Crippen LogP contribution in [0.25, 0.3) is 22.1 Å². The predicted octanol–water partition coefficient (Wildman–Crippen LogP) is 4.64. The van der Waals surface area contributed by atoms with E-state index in [-0.39, 0.29) is 0 Å². The molecule has 6 nitrogen and oxygen atoms in total. The Morgan fingerprint density at radius 3 is 2.92 bits per heavy atom. The van der Waals surface area contributed by atoms with Crippen molar-refractivity contribution >= 4 is 39.0 Å². The fourth-order valence-corrected chi connectivity index (χ4v) is 3.79. The number of aromatic nitrogens is 5. The third kappa shape index (κ3) is 3.28. The largest absolute Gasteiger partial charge is 0.338 e. The summed E-state index contributed by atoms with van der Waals surface area (Å²) in [5, 5.41) is 13.8. The quantitative estimate of drug-likeness (QED) is 0.474. The molecule has 0 fully saturated rings. The van der Waals surface area contributed by atoms with Gasteiger partial charge in [0.15, 0.2) is 5.82 Å². The molecule has 1 aromatic carbocycles. The van der Waals surface area contributed by atoms with Crippen molar-refractivity contribution in [3.63, 3.8) is 0 Å². The van der Waals surface area contributed by atoms with Gasteiger partial charge in [-0.25, -0.2) is 4.98 Å². The first kappa shape index (κ1) is 15.6. The monoisotopic (exact) mass is 419 g/mol. The van der Waals surface area contributed by atoms with Gasteiger partial charge >= 0.3 is 0 Å². The normalized spacial score (nSPS) is 11.0. The Morgan fingerprint density at radius 2 is 2.08 bits per heavy atom. The molecule has 4 rings (SSSR count). The number of nitrogens with one attached hydrogen (secondary N) is 1. The predicted molar refractivity (Wildman–Crippen MR) is 96.7 cm³/mol. The highest BCUT2D eigenvalue weighted by atomic mass is 79.9. The lowest BCUT2D eigenvalue weighted by atomic mass is 10.2. The van der Waals surface area contributed by atoms with Gasteiger partial charge in [0.25, 0.3) is 0 Å². The molecule has 0 radical (unpaired) electrons. The summed E-state index contributed by atoms with van der Waals surface area (Å²) >= 11 is 6.54. The molecule has 0 aliphatic carbocycles. The summed E-state index contributed by atoms with van der Waals surface area (Å²) in [6.45, 7) is 0. The smallest absolute Gasteiger partial charge is 0.237 e. The number of thioether (sulfide) groups is 1. The van der Waals surface area contributed by atoms with Crippen LogP contribution in [-0.2, 0) is 5.75 Å². The lowest BCUT2D eigenvalue weighted by Gasteiger charge is -1.97. The molecule has 1 N–H and O–H groups in total. The molecule has 3 aromatic heterocycles. The second-order valence-corrected chi connectivity index (χ2v) is 7.47. The van der Waals surface area contributed by atoms with Crippen LogP contribution in [0.15, 0.2) is 55.9 Å². The zero-order valence-corrected chi connectivity index (χ0v) is 15.4. The summed E-state index contributed by atoms with van der Waals surface area (Å²) in [5.74, 6) is 2.40. The van der Waals surface area contributed by atoms with Gasteiger partial charge in [-0.05, 0) is 17.5 Å². The summed E-state index contributed by atoms with van der Waals surface area (Å²) in [7, 11) is 0. The SMILES string of the molecule is Brc1ccccc1-c1nc(SCc2nc(-c3cccs3)no2)n[nH]1. The fourth-order valence-electron chi connectivity index (χ4n) is 2.03. The second-order valence-electron chi connectivity index (χ2n) is 4.72. The van der Waals surface area contributed by atoms with Crippen molar-refractivity contribution in [2.24, 2.45) is 0 Å². The molecule has 0 saturated heterocycles. The van der Waals surface area contributed by atoms with Crippen LogP contribution in [0, 0.1) is 0 Å². The lowest BCUT2D eigenvalue weighted by molar-refractivity contribution is 0.391. The van der Waals surface area contributed by atoms with Crippen LogP contribution in [0.1, 0.15) is 5.89 Å². The minimum absolute atomic E-state index is 0.519. The van der Waals surface area contributed by atoms with E-state index in [1.54, 1.807) is 11.3 Å². The average Bonchev–Trinajstić information content (AvgIpc) is 3.34. The van der Waals surface area contributed by atoms with Crippen molar-refractivity contribution in [3.8, 4) is 22.1 Å². The number of H-pyrrole nitrogens is 1. The molecule has 0 aliphatic heterocycles. The van der Waals surface area contributed by atoms with Gasteiger partial charge < -0.3 is 4.52 Å². The van der Waals surface area contributed by atoms with Gasteiger partial charge in [-0.2, -0.15) is 4.98 Å². The fraction of sp³-hybridized carbons (Fsp3) is 0.0667. The maximum absolute atomic E-state index is 5.27. The maximum Gasteiger partial charge on any atom is 0.237 e. The topological polar surface area (TPSA) is 80.5 Å². The Labute approximate surface area is 153 Å². The highest BCUT2D eigenvalue weighted by Crippen LogP contribution is 2.28. The lowest BCUT2D eigenvalue weighted by Crippen LogP contribution is -1.83. The minimum atomic E-state index is 0.519. The molecule has 0 atom stereocenters. The summed E-state index contributed by atoms with van der Waals surface area (Å²) < 4.78 is 6.24. The molecular formula is C15H10BrN5OS2. The van der Waals surface area contributed by atoms with E-state index in [1.807, 2.05) is 41.8 Å². The minimum Gasteiger partial charge on any atom is -0.338 e. The molecule has 0 amide bonds. The van der Waals surface area contributed by atoms with Crippen LogP contribution in [0.2, 0.25) is 0 Å². The number of benzene rings is 1. The highest BCUT2D eigenvalue weighted by Gasteiger charge is 2.12. The van der Waals surface area contributed by atoms with Crippen LogP contribution in [0.4, 0.5) is 0 Å². The second kappa shape index (κ2) is 6.88. The molecule has 0 spiro atoms. The molecule has 0 aliphatic rings. The molecule has 120 valence electrons. The van der Waals surface area contributed by atoms with E-state index < -0.39 is 0 Å². The van der Waals surface area contributed by atoms with Crippen LogP contribution in [-0.4, -0.2) is 25.3 Å². The molecule has 4 aromatic rings. The third-order valence-corrected chi connectivity index (χ3v) is 5.52. The molecule has 3 heterocycles. The number of rotatable bonds is 5. The Bertz CT molecular complexity index is 950. The van der Waals surface area contributed by atoms with Gasteiger partial charge in [0.2, 0.25) is 16.9 Å². The first-order chi connectivity index (χ1) is 11.8. The molecular weight excluding hydrogens is 410 g/mol. The van der Waals surface area contributed by atoms with E-state index in [4.69, 9.17) is 4.52 Å².